The first kappa shape index (κ1) is 22.6. The fraction of sp³-hybridized carbons (Fsp3) is 0.143. The van der Waals surface area contributed by atoms with Crippen molar-refractivity contribution < 1.29 is 9.31 Å². The molecule has 0 fully saturated rings. The van der Waals surface area contributed by atoms with E-state index in [1.54, 1.807) is 6.07 Å². The number of nitro benzene ring substituents is 1. The van der Waals surface area contributed by atoms with Crippen LogP contribution in [0, 0.1) is 15.9 Å². The van der Waals surface area contributed by atoms with Crippen LogP contribution in [0.3, 0.4) is 0 Å². The summed E-state index contributed by atoms with van der Waals surface area (Å²) in [5, 5.41) is 11.5. The summed E-state index contributed by atoms with van der Waals surface area (Å²) in [6.07, 6.45) is 0. The molecule has 0 aliphatic carbocycles. The van der Waals surface area contributed by atoms with E-state index in [2.05, 4.69) is 9.97 Å². The van der Waals surface area contributed by atoms with E-state index in [-0.39, 0.29) is 43.9 Å². The number of non-ortho nitro benzene ring substituents is 1. The van der Waals surface area contributed by atoms with E-state index >= 15 is 0 Å². The Kier molecular flexibility index (Phi) is 6.00. The predicted octanol–water partition coefficient (Wildman–Crippen LogP) is 3.69. The molecule has 2 aromatic carbocycles. The third-order valence-electron chi connectivity index (χ3n) is 5.02. The van der Waals surface area contributed by atoms with Gasteiger partial charge in [0.15, 0.2) is 11.5 Å². The van der Waals surface area contributed by atoms with Crippen molar-refractivity contribution in [2.24, 2.45) is 14.1 Å². The van der Waals surface area contributed by atoms with E-state index < -0.39 is 22.0 Å². The molecule has 0 N–H and O–H groups in total. The molecule has 0 aliphatic rings. The fourth-order valence-corrected chi connectivity index (χ4v) is 4.56. The van der Waals surface area contributed by atoms with Crippen LogP contribution in [0.5, 0.6) is 0 Å². The van der Waals surface area contributed by atoms with Gasteiger partial charge in [0.05, 0.1) is 4.92 Å². The van der Waals surface area contributed by atoms with Crippen molar-refractivity contribution in [1.82, 2.24) is 19.1 Å². The number of rotatable bonds is 5. The Morgan fingerprint density at radius 1 is 1.09 bits per heavy atom. The van der Waals surface area contributed by atoms with E-state index in [0.29, 0.717) is 5.56 Å². The molecule has 9 nitrogen and oxygen atoms in total. The summed E-state index contributed by atoms with van der Waals surface area (Å²) >= 11 is 7.20. The maximum absolute atomic E-state index is 14.3. The van der Waals surface area contributed by atoms with E-state index in [4.69, 9.17) is 11.6 Å². The Bertz CT molecular complexity index is 1520. The molecular formula is C21H15ClFN5O4S. The number of hydrogen-bond acceptors (Lipinski definition) is 7. The Labute approximate surface area is 194 Å². The number of aromatic nitrogens is 4. The first-order valence-corrected chi connectivity index (χ1v) is 10.8. The van der Waals surface area contributed by atoms with Crippen molar-refractivity contribution in [1.29, 1.82) is 0 Å². The second-order valence-electron chi connectivity index (χ2n) is 7.05. The molecule has 2 aromatic heterocycles. The molecule has 168 valence electrons. The highest BCUT2D eigenvalue weighted by Gasteiger charge is 2.19. The lowest BCUT2D eigenvalue weighted by Gasteiger charge is -2.12. The van der Waals surface area contributed by atoms with Crippen molar-refractivity contribution in [2.75, 3.05) is 0 Å². The number of hydrogen-bond donors (Lipinski definition) is 0. The maximum atomic E-state index is 14.3. The molecule has 33 heavy (non-hydrogen) atoms. The molecule has 4 rings (SSSR count). The number of aryl methyl sites for hydroxylation is 1. The normalized spacial score (nSPS) is 11.2. The molecular weight excluding hydrogens is 473 g/mol. The monoisotopic (exact) mass is 487 g/mol. The van der Waals surface area contributed by atoms with E-state index in [1.807, 2.05) is 0 Å². The van der Waals surface area contributed by atoms with Crippen LogP contribution in [-0.2, 0) is 19.8 Å². The molecule has 0 atom stereocenters. The summed E-state index contributed by atoms with van der Waals surface area (Å²) in [6.45, 7) is 0. The molecule has 0 bridgehead atoms. The highest BCUT2D eigenvalue weighted by molar-refractivity contribution is 7.98. The highest BCUT2D eigenvalue weighted by Crippen LogP contribution is 2.31. The van der Waals surface area contributed by atoms with Crippen LogP contribution in [0.25, 0.3) is 22.4 Å². The number of halogens is 2. The van der Waals surface area contributed by atoms with Crippen molar-refractivity contribution in [2.45, 2.75) is 10.8 Å². The first-order chi connectivity index (χ1) is 15.7. The van der Waals surface area contributed by atoms with E-state index in [0.717, 1.165) is 16.3 Å². The Morgan fingerprint density at radius 2 is 1.79 bits per heavy atom. The van der Waals surface area contributed by atoms with E-state index in [1.165, 1.54) is 55.1 Å². The van der Waals surface area contributed by atoms with Gasteiger partial charge in [0, 0.05) is 48.1 Å². The molecule has 0 amide bonds. The topological polar surface area (TPSA) is 113 Å². The third-order valence-corrected chi connectivity index (χ3v) is 6.37. The zero-order valence-corrected chi connectivity index (χ0v) is 18.9. The molecule has 0 radical (unpaired) electrons. The largest absolute Gasteiger partial charge is 0.332 e. The van der Waals surface area contributed by atoms with Gasteiger partial charge in [-0.3, -0.25) is 24.0 Å². The average molecular weight is 488 g/mol. The van der Waals surface area contributed by atoms with Gasteiger partial charge in [-0.05, 0) is 24.3 Å². The minimum atomic E-state index is -0.592. The van der Waals surface area contributed by atoms with Crippen LogP contribution >= 0.6 is 23.4 Å². The lowest BCUT2D eigenvalue weighted by atomic mass is 10.2. The Balaban J connectivity index is 1.92. The summed E-state index contributed by atoms with van der Waals surface area (Å²) in [6, 6.07) is 9.88. The van der Waals surface area contributed by atoms with Gasteiger partial charge in [0.1, 0.15) is 16.2 Å². The van der Waals surface area contributed by atoms with Crippen molar-refractivity contribution in [3.05, 3.63) is 89.8 Å². The van der Waals surface area contributed by atoms with Crippen LogP contribution in [-0.4, -0.2) is 24.0 Å². The molecule has 12 heteroatoms. The second-order valence-corrected chi connectivity index (χ2v) is 8.42. The Hall–Kier alpha value is -3.57. The van der Waals surface area contributed by atoms with Crippen molar-refractivity contribution in [3.63, 3.8) is 0 Å². The van der Waals surface area contributed by atoms with Gasteiger partial charge in [0.2, 0.25) is 0 Å². The molecule has 0 spiro atoms. The van der Waals surface area contributed by atoms with Gasteiger partial charge in [-0.25, -0.2) is 19.2 Å². The summed E-state index contributed by atoms with van der Waals surface area (Å²) < 4.78 is 16.4. The van der Waals surface area contributed by atoms with Crippen LogP contribution < -0.4 is 11.2 Å². The van der Waals surface area contributed by atoms with Gasteiger partial charge >= 0.3 is 5.69 Å². The van der Waals surface area contributed by atoms with Crippen LogP contribution in [0.1, 0.15) is 5.56 Å². The minimum Gasteiger partial charge on any atom is -0.280 e. The van der Waals surface area contributed by atoms with Gasteiger partial charge in [-0.1, -0.05) is 17.7 Å². The second kappa shape index (κ2) is 8.75. The lowest BCUT2D eigenvalue weighted by Crippen LogP contribution is -2.37. The average Bonchev–Trinajstić information content (AvgIpc) is 2.80. The number of fused-ring (bicyclic) bond motifs is 1. The van der Waals surface area contributed by atoms with Gasteiger partial charge < -0.3 is 0 Å². The SMILES string of the molecule is Cn1c(=O)c2c(SCc3c(F)cccc3Cl)nc(-c3ccc([N+](=O)[O-])cc3)nc2n(C)c1=O. The molecule has 0 unspecified atom stereocenters. The highest BCUT2D eigenvalue weighted by atomic mass is 35.5. The summed E-state index contributed by atoms with van der Waals surface area (Å²) in [5.41, 5.74) is -0.492. The van der Waals surface area contributed by atoms with Crippen molar-refractivity contribution >= 4 is 40.1 Å². The zero-order chi connectivity index (χ0) is 23.9. The van der Waals surface area contributed by atoms with Crippen LogP contribution in [0.15, 0.2) is 57.1 Å². The smallest absolute Gasteiger partial charge is 0.280 e. The first-order valence-electron chi connectivity index (χ1n) is 9.47. The van der Waals surface area contributed by atoms with E-state index in [9.17, 15) is 24.1 Å². The molecule has 4 aromatic rings. The quantitative estimate of drug-likeness (QED) is 0.182. The molecule has 0 aliphatic heterocycles. The summed E-state index contributed by atoms with van der Waals surface area (Å²) in [4.78, 5) is 44.7. The minimum absolute atomic E-state index is 0.0727. The lowest BCUT2D eigenvalue weighted by molar-refractivity contribution is -0.384. The number of thioether (sulfide) groups is 1. The number of benzene rings is 2. The van der Waals surface area contributed by atoms with Crippen LogP contribution in [0.4, 0.5) is 10.1 Å². The van der Waals surface area contributed by atoms with Gasteiger partial charge in [-0.2, -0.15) is 0 Å². The maximum Gasteiger partial charge on any atom is 0.332 e. The van der Waals surface area contributed by atoms with Crippen molar-refractivity contribution in [3.8, 4) is 11.4 Å². The summed E-state index contributed by atoms with van der Waals surface area (Å²) in [7, 11) is 2.81. The summed E-state index contributed by atoms with van der Waals surface area (Å²) in [5.74, 6) is -0.268. The van der Waals surface area contributed by atoms with Crippen LogP contribution in [0.2, 0.25) is 5.02 Å². The fourth-order valence-electron chi connectivity index (χ4n) is 3.21. The molecule has 2 heterocycles. The molecule has 0 saturated carbocycles. The third kappa shape index (κ3) is 4.12. The molecule has 0 saturated heterocycles. The number of nitro groups is 1. The number of nitrogens with zero attached hydrogens (tertiary/aromatic N) is 5. The standard InChI is InChI=1S/C21H15ClFN5O4S/c1-26-18-16(20(29)27(2)21(26)30)19(33-10-13-14(22)4-3-5-15(13)23)25-17(24-18)11-6-8-12(9-7-11)28(31)32/h3-9H,10H2,1-2H3. The zero-order valence-electron chi connectivity index (χ0n) is 17.3. The van der Waals surface area contributed by atoms with Gasteiger partial charge in [-0.15, -0.1) is 11.8 Å². The van der Waals surface area contributed by atoms with Gasteiger partial charge in [0.25, 0.3) is 11.2 Å². The Morgan fingerprint density at radius 3 is 2.42 bits per heavy atom. The predicted molar refractivity (Wildman–Crippen MR) is 123 cm³/mol.